The Labute approximate surface area is 172 Å². The first-order valence-electron chi connectivity index (χ1n) is 9.64. The molecule has 1 aromatic heterocycles. The van der Waals surface area contributed by atoms with Gasteiger partial charge in [0.2, 0.25) is 0 Å². The smallest absolute Gasteiger partial charge is 0.410 e. The maximum absolute atomic E-state index is 12.2. The van der Waals surface area contributed by atoms with Crippen molar-refractivity contribution >= 4 is 6.09 Å². The van der Waals surface area contributed by atoms with Crippen LogP contribution in [0.1, 0.15) is 38.9 Å². The molecule has 2 aromatic rings. The number of benzene rings is 1. The molecule has 7 heteroatoms. The van der Waals surface area contributed by atoms with Crippen molar-refractivity contribution in [1.29, 1.82) is 0 Å². The third kappa shape index (κ3) is 7.62. The van der Waals surface area contributed by atoms with Crippen LogP contribution in [0, 0.1) is 0 Å². The highest BCUT2D eigenvalue weighted by molar-refractivity contribution is 5.67. The van der Waals surface area contributed by atoms with E-state index in [0.29, 0.717) is 24.6 Å². The molecule has 1 heterocycles. The van der Waals surface area contributed by atoms with Crippen LogP contribution < -0.4 is 9.47 Å². The van der Waals surface area contributed by atoms with Gasteiger partial charge in [0, 0.05) is 26.2 Å². The minimum Gasteiger partial charge on any atom is -0.480 e. The van der Waals surface area contributed by atoms with Crippen molar-refractivity contribution in [2.24, 2.45) is 0 Å². The van der Waals surface area contributed by atoms with E-state index in [4.69, 9.17) is 19.3 Å². The van der Waals surface area contributed by atoms with E-state index in [1.807, 2.05) is 51.1 Å². The lowest BCUT2D eigenvalue weighted by molar-refractivity contribution is 0.0277. The van der Waals surface area contributed by atoms with Crippen LogP contribution in [0.2, 0.25) is 0 Å². The van der Waals surface area contributed by atoms with Gasteiger partial charge in [-0.1, -0.05) is 30.3 Å². The van der Waals surface area contributed by atoms with E-state index in [1.54, 1.807) is 25.4 Å². The summed E-state index contributed by atoms with van der Waals surface area (Å²) >= 11 is 0. The number of rotatable bonds is 9. The second kappa shape index (κ2) is 10.7. The molecule has 0 radical (unpaired) electrons. The van der Waals surface area contributed by atoms with Gasteiger partial charge >= 0.3 is 6.09 Å². The second-order valence-corrected chi connectivity index (χ2v) is 7.59. The number of hydrogen-bond acceptors (Lipinski definition) is 6. The Balaban J connectivity index is 2.12. The standard InChI is InChI=1S/C22H30N2O5/c1-22(2,3)29-21(26)24(4)14-12-18(17-9-6-5-7-10-17)28-19-11-8-13-23-20(19)27-16-15-25/h5-11,13,18,25H,12,14-16H2,1-4H3/t18-/m1/s1. The molecule has 0 spiro atoms. The van der Waals surface area contributed by atoms with E-state index in [9.17, 15) is 4.79 Å². The zero-order valence-corrected chi connectivity index (χ0v) is 17.5. The van der Waals surface area contributed by atoms with Gasteiger partial charge in [0.15, 0.2) is 5.75 Å². The predicted molar refractivity (Wildman–Crippen MR) is 110 cm³/mol. The third-order valence-electron chi connectivity index (χ3n) is 3.94. The Morgan fingerprint density at radius 3 is 2.55 bits per heavy atom. The molecule has 1 N–H and O–H groups in total. The number of hydrogen-bond donors (Lipinski definition) is 1. The fraction of sp³-hybridized carbons (Fsp3) is 0.455. The lowest BCUT2D eigenvalue weighted by atomic mass is 10.1. The van der Waals surface area contributed by atoms with Crippen LogP contribution in [-0.2, 0) is 4.74 Å². The highest BCUT2D eigenvalue weighted by atomic mass is 16.6. The average Bonchev–Trinajstić information content (AvgIpc) is 2.69. The molecule has 0 aliphatic heterocycles. The fourth-order valence-corrected chi connectivity index (χ4v) is 2.57. The molecule has 0 bridgehead atoms. The fourth-order valence-electron chi connectivity index (χ4n) is 2.57. The Morgan fingerprint density at radius 2 is 1.90 bits per heavy atom. The van der Waals surface area contributed by atoms with Crippen LogP contribution in [0.5, 0.6) is 11.6 Å². The molecule has 2 rings (SSSR count). The van der Waals surface area contributed by atoms with E-state index in [1.165, 1.54) is 4.90 Å². The first-order valence-corrected chi connectivity index (χ1v) is 9.64. The lowest BCUT2D eigenvalue weighted by Crippen LogP contribution is -2.35. The van der Waals surface area contributed by atoms with Crippen molar-refractivity contribution in [3.8, 4) is 11.6 Å². The number of carbonyl (C=O) groups is 1. The predicted octanol–water partition coefficient (Wildman–Crippen LogP) is 3.83. The zero-order chi connectivity index (χ0) is 21.3. The number of nitrogens with zero attached hydrogens (tertiary/aromatic N) is 2. The average molecular weight is 402 g/mol. The number of ether oxygens (including phenoxy) is 3. The highest BCUT2D eigenvalue weighted by Gasteiger charge is 2.22. The summed E-state index contributed by atoms with van der Waals surface area (Å²) in [6.45, 7) is 5.98. The summed E-state index contributed by atoms with van der Waals surface area (Å²) in [6, 6.07) is 13.3. The minimum absolute atomic E-state index is 0.112. The second-order valence-electron chi connectivity index (χ2n) is 7.59. The molecule has 0 aliphatic rings. The van der Waals surface area contributed by atoms with Gasteiger partial charge in [-0.3, -0.25) is 0 Å². The van der Waals surface area contributed by atoms with Crippen molar-refractivity contribution in [2.75, 3.05) is 26.8 Å². The van der Waals surface area contributed by atoms with Crippen LogP contribution in [0.4, 0.5) is 4.79 Å². The van der Waals surface area contributed by atoms with E-state index in [-0.39, 0.29) is 25.4 Å². The molecule has 0 fully saturated rings. The van der Waals surface area contributed by atoms with Gasteiger partial charge in [-0.25, -0.2) is 9.78 Å². The minimum atomic E-state index is -0.546. The molecule has 1 atom stereocenters. The maximum Gasteiger partial charge on any atom is 0.410 e. The zero-order valence-electron chi connectivity index (χ0n) is 17.5. The van der Waals surface area contributed by atoms with Crippen molar-refractivity contribution in [2.45, 2.75) is 38.9 Å². The number of pyridine rings is 1. The summed E-state index contributed by atoms with van der Waals surface area (Å²) < 4.78 is 17.1. The normalized spacial score (nSPS) is 12.2. The molecule has 29 heavy (non-hydrogen) atoms. The van der Waals surface area contributed by atoms with Crippen LogP contribution in [-0.4, -0.2) is 53.5 Å². The van der Waals surface area contributed by atoms with Crippen LogP contribution in [0.15, 0.2) is 48.7 Å². The van der Waals surface area contributed by atoms with Crippen molar-refractivity contribution in [3.05, 3.63) is 54.2 Å². The topological polar surface area (TPSA) is 81.1 Å². The highest BCUT2D eigenvalue weighted by Crippen LogP contribution is 2.31. The first-order chi connectivity index (χ1) is 13.8. The number of amides is 1. The van der Waals surface area contributed by atoms with Crippen molar-refractivity contribution in [3.63, 3.8) is 0 Å². The number of carbonyl (C=O) groups excluding carboxylic acids is 1. The van der Waals surface area contributed by atoms with Gasteiger partial charge in [0.25, 0.3) is 5.88 Å². The summed E-state index contributed by atoms with van der Waals surface area (Å²) in [6.07, 6.45) is 1.46. The van der Waals surface area contributed by atoms with Gasteiger partial charge in [-0.15, -0.1) is 0 Å². The molecule has 0 saturated carbocycles. The third-order valence-corrected chi connectivity index (χ3v) is 3.94. The molecule has 0 saturated heterocycles. The summed E-state index contributed by atoms with van der Waals surface area (Å²) in [5.41, 5.74) is 0.428. The van der Waals surface area contributed by atoms with Crippen LogP contribution in [0.3, 0.4) is 0 Å². The molecule has 1 aromatic carbocycles. The van der Waals surface area contributed by atoms with Crippen LogP contribution >= 0.6 is 0 Å². The maximum atomic E-state index is 12.2. The molecule has 0 unspecified atom stereocenters. The summed E-state index contributed by atoms with van der Waals surface area (Å²) in [7, 11) is 1.70. The van der Waals surface area contributed by atoms with Gasteiger partial charge in [-0.05, 0) is 38.5 Å². The van der Waals surface area contributed by atoms with E-state index in [2.05, 4.69) is 4.98 Å². The quantitative estimate of drug-likeness (QED) is 0.687. The summed E-state index contributed by atoms with van der Waals surface area (Å²) in [5, 5.41) is 9.01. The van der Waals surface area contributed by atoms with Crippen molar-refractivity contribution < 1.29 is 24.1 Å². The van der Waals surface area contributed by atoms with E-state index in [0.717, 1.165) is 5.56 Å². The number of aliphatic hydroxyl groups excluding tert-OH is 1. The van der Waals surface area contributed by atoms with Gasteiger partial charge in [-0.2, -0.15) is 0 Å². The SMILES string of the molecule is CN(CC[C@@H](Oc1cccnc1OCCO)c1ccccc1)C(=O)OC(C)(C)C. The van der Waals surface area contributed by atoms with Gasteiger partial charge < -0.3 is 24.2 Å². The van der Waals surface area contributed by atoms with Crippen molar-refractivity contribution in [1.82, 2.24) is 9.88 Å². The molecular weight excluding hydrogens is 372 g/mol. The summed E-state index contributed by atoms with van der Waals surface area (Å²) in [4.78, 5) is 18.0. The van der Waals surface area contributed by atoms with Gasteiger partial charge in [0.1, 0.15) is 18.3 Å². The van der Waals surface area contributed by atoms with Gasteiger partial charge in [0.05, 0.1) is 6.61 Å². The lowest BCUT2D eigenvalue weighted by Gasteiger charge is -2.26. The molecule has 1 amide bonds. The number of aliphatic hydroxyl groups is 1. The van der Waals surface area contributed by atoms with Crippen LogP contribution in [0.25, 0.3) is 0 Å². The Hall–Kier alpha value is -2.80. The number of aromatic nitrogens is 1. The monoisotopic (exact) mass is 402 g/mol. The Morgan fingerprint density at radius 1 is 1.17 bits per heavy atom. The largest absolute Gasteiger partial charge is 0.480 e. The molecule has 158 valence electrons. The van der Waals surface area contributed by atoms with E-state index < -0.39 is 5.60 Å². The molecule has 7 nitrogen and oxygen atoms in total. The first kappa shape index (κ1) is 22.5. The molecule has 0 aliphatic carbocycles. The Kier molecular flexibility index (Phi) is 8.27. The van der Waals surface area contributed by atoms with E-state index >= 15 is 0 Å². The molecular formula is C22H30N2O5. The summed E-state index contributed by atoms with van der Waals surface area (Å²) in [5.74, 6) is 0.803. The Bertz CT molecular complexity index is 761.